The molecule has 0 aromatic heterocycles. The van der Waals surface area contributed by atoms with Crippen molar-refractivity contribution in [1.29, 1.82) is 0 Å². The number of ether oxygens (including phenoxy) is 1. The molecule has 0 radical (unpaired) electrons. The van der Waals surface area contributed by atoms with Crippen LogP contribution < -0.4 is 5.46 Å². The van der Waals surface area contributed by atoms with Crippen molar-refractivity contribution >= 4 is 18.7 Å². The highest BCUT2D eigenvalue weighted by atomic mass is 16.6. The van der Waals surface area contributed by atoms with E-state index in [-0.39, 0.29) is 11.5 Å². The summed E-state index contributed by atoms with van der Waals surface area (Å²) in [5.74, 6) is 0. The normalized spacial score (nSPS) is 18.9. The molecule has 0 unspecified atom stereocenters. The second-order valence-corrected chi connectivity index (χ2v) is 7.41. The predicted octanol–water partition coefficient (Wildman–Crippen LogP) is 1.15. The van der Waals surface area contributed by atoms with Crippen LogP contribution in [-0.4, -0.2) is 40.3 Å². The molecule has 1 aromatic rings. The smallest absolute Gasteiger partial charge is 0.444 e. The van der Waals surface area contributed by atoms with Gasteiger partial charge in [-0.15, -0.1) is 0 Å². The van der Waals surface area contributed by atoms with Gasteiger partial charge in [0.2, 0.25) is 0 Å². The van der Waals surface area contributed by atoms with Gasteiger partial charge >= 0.3 is 13.2 Å². The fraction of sp³-hybridized carbons (Fsp3) is 0.562. The summed E-state index contributed by atoms with van der Waals surface area (Å²) in [6.45, 7) is 6.70. The van der Waals surface area contributed by atoms with Gasteiger partial charge in [0.15, 0.2) is 0 Å². The molecule has 1 spiro atoms. The van der Waals surface area contributed by atoms with Crippen LogP contribution in [0.2, 0.25) is 0 Å². The van der Waals surface area contributed by atoms with Gasteiger partial charge in [-0.05, 0) is 50.2 Å². The SMILES string of the molecule is CC(C)(C)OC(=O)N1Cc2cc(B(O)O)ccc2C2(CC2)C1. The first-order valence-corrected chi connectivity index (χ1v) is 7.68. The molecule has 5 nitrogen and oxygen atoms in total. The van der Waals surface area contributed by atoms with Gasteiger partial charge in [-0.25, -0.2) is 4.79 Å². The quantitative estimate of drug-likeness (QED) is 0.764. The van der Waals surface area contributed by atoms with Crippen molar-refractivity contribution in [2.24, 2.45) is 0 Å². The number of carbonyl (C=O) groups excluding carboxylic acids is 1. The van der Waals surface area contributed by atoms with Gasteiger partial charge in [-0.1, -0.05) is 18.2 Å². The first-order chi connectivity index (χ1) is 10.2. The Morgan fingerprint density at radius 2 is 2.00 bits per heavy atom. The van der Waals surface area contributed by atoms with Crippen LogP contribution in [0, 0.1) is 0 Å². The lowest BCUT2D eigenvalue weighted by Gasteiger charge is -2.36. The van der Waals surface area contributed by atoms with E-state index in [9.17, 15) is 14.8 Å². The van der Waals surface area contributed by atoms with Gasteiger partial charge in [-0.2, -0.15) is 0 Å². The predicted molar refractivity (Wildman–Crippen MR) is 83.8 cm³/mol. The minimum absolute atomic E-state index is 0.0312. The summed E-state index contributed by atoms with van der Waals surface area (Å²) in [6.07, 6.45) is 1.81. The topological polar surface area (TPSA) is 70.0 Å². The summed E-state index contributed by atoms with van der Waals surface area (Å²) in [5, 5.41) is 18.7. The van der Waals surface area contributed by atoms with E-state index in [1.807, 2.05) is 26.8 Å². The van der Waals surface area contributed by atoms with Crippen LogP contribution in [0.4, 0.5) is 4.79 Å². The van der Waals surface area contributed by atoms with Gasteiger partial charge in [0.25, 0.3) is 0 Å². The Hall–Kier alpha value is -1.53. The molecule has 1 fully saturated rings. The fourth-order valence-electron chi connectivity index (χ4n) is 3.17. The zero-order valence-electron chi connectivity index (χ0n) is 13.3. The molecule has 6 heteroatoms. The van der Waals surface area contributed by atoms with Crippen molar-refractivity contribution in [2.75, 3.05) is 6.54 Å². The molecule has 1 heterocycles. The van der Waals surface area contributed by atoms with Gasteiger partial charge in [-0.3, -0.25) is 0 Å². The molecule has 1 saturated carbocycles. The van der Waals surface area contributed by atoms with E-state index in [2.05, 4.69) is 0 Å². The molecule has 22 heavy (non-hydrogen) atoms. The highest BCUT2D eigenvalue weighted by molar-refractivity contribution is 6.58. The Balaban J connectivity index is 1.88. The summed E-state index contributed by atoms with van der Waals surface area (Å²) in [7, 11) is -1.49. The zero-order chi connectivity index (χ0) is 16.1. The van der Waals surface area contributed by atoms with E-state index in [0.717, 1.165) is 18.4 Å². The first kappa shape index (κ1) is 15.4. The molecule has 118 valence electrons. The third-order valence-electron chi connectivity index (χ3n) is 4.36. The number of amides is 1. The molecular weight excluding hydrogens is 281 g/mol. The Bertz CT molecular complexity index is 605. The summed E-state index contributed by atoms with van der Waals surface area (Å²) < 4.78 is 5.48. The lowest BCUT2D eigenvalue weighted by Crippen LogP contribution is -2.45. The minimum Gasteiger partial charge on any atom is -0.444 e. The van der Waals surface area contributed by atoms with Crippen molar-refractivity contribution < 1.29 is 19.6 Å². The van der Waals surface area contributed by atoms with E-state index in [1.54, 1.807) is 17.0 Å². The van der Waals surface area contributed by atoms with Crippen molar-refractivity contribution in [2.45, 2.75) is 51.2 Å². The molecule has 0 bridgehead atoms. The molecule has 1 aliphatic heterocycles. The molecule has 2 N–H and O–H groups in total. The van der Waals surface area contributed by atoms with Gasteiger partial charge < -0.3 is 19.7 Å². The first-order valence-electron chi connectivity index (χ1n) is 7.68. The lowest BCUT2D eigenvalue weighted by molar-refractivity contribution is 0.0197. The van der Waals surface area contributed by atoms with Crippen LogP contribution >= 0.6 is 0 Å². The van der Waals surface area contributed by atoms with Gasteiger partial charge in [0, 0.05) is 18.5 Å². The van der Waals surface area contributed by atoms with Gasteiger partial charge in [0.05, 0.1) is 0 Å². The summed E-state index contributed by atoms with van der Waals surface area (Å²) in [6, 6.07) is 5.52. The van der Waals surface area contributed by atoms with Crippen molar-refractivity contribution in [3.63, 3.8) is 0 Å². The summed E-state index contributed by atoms with van der Waals surface area (Å²) in [4.78, 5) is 14.1. The maximum atomic E-state index is 12.4. The Labute approximate surface area is 131 Å². The second kappa shape index (κ2) is 5.00. The van der Waals surface area contributed by atoms with Crippen molar-refractivity contribution in [3.05, 3.63) is 29.3 Å². The number of hydrogen-bond donors (Lipinski definition) is 2. The number of rotatable bonds is 1. The van der Waals surface area contributed by atoms with E-state index in [1.165, 1.54) is 5.56 Å². The van der Waals surface area contributed by atoms with Crippen molar-refractivity contribution in [1.82, 2.24) is 4.90 Å². The van der Waals surface area contributed by atoms with Crippen LogP contribution in [0.3, 0.4) is 0 Å². The highest BCUT2D eigenvalue weighted by Gasteiger charge is 2.50. The van der Waals surface area contributed by atoms with Crippen molar-refractivity contribution in [3.8, 4) is 0 Å². The Morgan fingerprint density at radius 3 is 2.55 bits per heavy atom. The van der Waals surface area contributed by atoms with Crippen LogP contribution in [0.25, 0.3) is 0 Å². The molecule has 1 amide bonds. The number of hydrogen-bond acceptors (Lipinski definition) is 4. The minimum atomic E-state index is -1.49. The average Bonchev–Trinajstić information content (AvgIpc) is 3.16. The Morgan fingerprint density at radius 1 is 1.32 bits per heavy atom. The maximum Gasteiger partial charge on any atom is 0.488 e. The highest BCUT2D eigenvalue weighted by Crippen LogP contribution is 2.52. The number of fused-ring (bicyclic) bond motifs is 2. The second-order valence-electron chi connectivity index (χ2n) is 7.41. The maximum absolute atomic E-state index is 12.4. The van der Waals surface area contributed by atoms with Gasteiger partial charge in [0.1, 0.15) is 5.60 Å². The summed E-state index contributed by atoms with van der Waals surface area (Å²) in [5.41, 5.74) is 2.19. The van der Waals surface area contributed by atoms with E-state index >= 15 is 0 Å². The van der Waals surface area contributed by atoms with Crippen LogP contribution in [0.1, 0.15) is 44.7 Å². The van der Waals surface area contributed by atoms with Crippen LogP contribution in [-0.2, 0) is 16.7 Å². The largest absolute Gasteiger partial charge is 0.488 e. The molecule has 1 aromatic carbocycles. The number of nitrogens with zero attached hydrogens (tertiary/aromatic N) is 1. The standard InChI is InChI=1S/C16H22BNO4/c1-15(2,3)22-14(19)18-9-11-8-12(17(20)21)4-5-13(11)16(10-18)6-7-16/h4-5,8,20-21H,6-7,9-10H2,1-3H3. The molecular formula is C16H22BNO4. The molecule has 1 aliphatic carbocycles. The number of carbonyl (C=O) groups is 1. The zero-order valence-corrected chi connectivity index (χ0v) is 13.3. The fourth-order valence-corrected chi connectivity index (χ4v) is 3.17. The number of benzene rings is 1. The van der Waals surface area contributed by atoms with E-state index in [4.69, 9.17) is 4.74 Å². The van der Waals surface area contributed by atoms with E-state index in [0.29, 0.717) is 18.6 Å². The lowest BCUT2D eigenvalue weighted by atomic mass is 9.76. The van der Waals surface area contributed by atoms with E-state index < -0.39 is 12.7 Å². The third kappa shape index (κ3) is 2.85. The molecule has 2 aliphatic rings. The van der Waals surface area contributed by atoms with Crippen LogP contribution in [0.15, 0.2) is 18.2 Å². The molecule has 0 saturated heterocycles. The molecule has 0 atom stereocenters. The monoisotopic (exact) mass is 303 g/mol. The molecule has 3 rings (SSSR count). The third-order valence-corrected chi connectivity index (χ3v) is 4.36. The van der Waals surface area contributed by atoms with Crippen LogP contribution in [0.5, 0.6) is 0 Å². The average molecular weight is 303 g/mol. The summed E-state index contributed by atoms with van der Waals surface area (Å²) >= 11 is 0. The Kier molecular flexibility index (Phi) is 3.49.